The minimum atomic E-state index is -0.965. The van der Waals surface area contributed by atoms with Crippen molar-refractivity contribution in [3.63, 3.8) is 0 Å². The number of hydrogen-bond donors (Lipinski definition) is 2. The highest BCUT2D eigenvalue weighted by molar-refractivity contribution is 7.99. The predicted molar refractivity (Wildman–Crippen MR) is 57.5 cm³/mol. The molecule has 0 aliphatic heterocycles. The molecule has 1 unspecified atom stereocenters. The minimum absolute atomic E-state index is 0.440. The second-order valence-electron chi connectivity index (χ2n) is 2.93. The molecule has 0 saturated carbocycles. The largest absolute Gasteiger partial charge is 0.480 e. The molecular weight excluding hydrogens is 202 g/mol. The van der Waals surface area contributed by atoms with Crippen molar-refractivity contribution in [2.24, 2.45) is 0 Å². The fraction of sp³-hybridized carbons (Fsp3) is 0.778. The Labute approximate surface area is 88.4 Å². The van der Waals surface area contributed by atoms with Crippen LogP contribution in [0, 0.1) is 0 Å². The lowest BCUT2D eigenvalue weighted by Crippen LogP contribution is -2.36. The van der Waals surface area contributed by atoms with Crippen molar-refractivity contribution in [1.29, 1.82) is 0 Å². The number of carboxylic acids is 1. The highest BCUT2D eigenvalue weighted by atomic mass is 32.2. The van der Waals surface area contributed by atoms with Gasteiger partial charge < -0.3 is 10.4 Å². The van der Waals surface area contributed by atoms with E-state index < -0.39 is 12.0 Å². The van der Waals surface area contributed by atoms with Crippen molar-refractivity contribution < 1.29 is 14.7 Å². The van der Waals surface area contributed by atoms with E-state index in [1.807, 2.05) is 0 Å². The van der Waals surface area contributed by atoms with E-state index in [0.29, 0.717) is 12.8 Å². The molecule has 0 heterocycles. The number of rotatable bonds is 9. The van der Waals surface area contributed by atoms with Crippen LogP contribution in [0.1, 0.15) is 26.2 Å². The molecule has 1 atom stereocenters. The molecule has 2 N–H and O–H groups in total. The zero-order valence-corrected chi connectivity index (χ0v) is 9.18. The van der Waals surface area contributed by atoms with Gasteiger partial charge in [0.1, 0.15) is 6.04 Å². The predicted octanol–water partition coefficient (Wildman–Crippen LogP) is 1.11. The van der Waals surface area contributed by atoms with Crippen molar-refractivity contribution >= 4 is 24.1 Å². The summed E-state index contributed by atoms with van der Waals surface area (Å²) in [6.45, 7) is 2.12. The summed E-state index contributed by atoms with van der Waals surface area (Å²) in [6, 6.07) is -0.735. The molecule has 0 aromatic carbocycles. The number of carboxylic acid groups (broad SMARTS) is 1. The lowest BCUT2D eigenvalue weighted by molar-refractivity contribution is -0.140. The smallest absolute Gasteiger partial charge is 0.326 e. The normalized spacial score (nSPS) is 12.1. The Morgan fingerprint density at radius 2 is 2.29 bits per heavy atom. The SMILES string of the molecule is CCCCSCCC(NC=O)C(=O)O. The highest BCUT2D eigenvalue weighted by Crippen LogP contribution is 2.07. The number of amides is 1. The fourth-order valence-corrected chi connectivity index (χ4v) is 2.01. The molecular formula is C9H17NO3S. The van der Waals surface area contributed by atoms with Crippen LogP contribution in [-0.2, 0) is 9.59 Å². The monoisotopic (exact) mass is 219 g/mol. The summed E-state index contributed by atoms with van der Waals surface area (Å²) in [6.07, 6.45) is 3.24. The van der Waals surface area contributed by atoms with Crippen LogP contribution in [0.25, 0.3) is 0 Å². The number of unbranched alkanes of at least 4 members (excludes halogenated alkanes) is 1. The molecule has 14 heavy (non-hydrogen) atoms. The Hall–Kier alpha value is -0.710. The Bertz CT molecular complexity index is 175. The quantitative estimate of drug-likeness (QED) is 0.450. The fourth-order valence-electron chi connectivity index (χ4n) is 0.910. The van der Waals surface area contributed by atoms with Crippen LogP contribution >= 0.6 is 11.8 Å². The van der Waals surface area contributed by atoms with E-state index in [0.717, 1.165) is 24.3 Å². The standard InChI is InChI=1S/C9H17NO3S/c1-2-3-5-14-6-4-8(9(12)13)10-7-11/h7-8H,2-6H2,1H3,(H,10,11)(H,12,13). The van der Waals surface area contributed by atoms with Crippen molar-refractivity contribution in [2.75, 3.05) is 11.5 Å². The molecule has 0 aromatic rings. The maximum Gasteiger partial charge on any atom is 0.326 e. The molecule has 0 aliphatic rings. The summed E-state index contributed by atoms with van der Waals surface area (Å²) in [5.41, 5.74) is 0. The topological polar surface area (TPSA) is 66.4 Å². The summed E-state index contributed by atoms with van der Waals surface area (Å²) in [5.74, 6) is 0.870. The summed E-state index contributed by atoms with van der Waals surface area (Å²) >= 11 is 1.73. The third-order valence-corrected chi connectivity index (χ3v) is 2.86. The van der Waals surface area contributed by atoms with Gasteiger partial charge in [-0.25, -0.2) is 4.79 Å². The molecule has 82 valence electrons. The zero-order valence-electron chi connectivity index (χ0n) is 8.36. The van der Waals surface area contributed by atoms with Gasteiger partial charge >= 0.3 is 5.97 Å². The van der Waals surface area contributed by atoms with E-state index in [4.69, 9.17) is 5.11 Å². The number of carbonyl (C=O) groups excluding carboxylic acids is 1. The molecule has 0 radical (unpaired) electrons. The van der Waals surface area contributed by atoms with E-state index >= 15 is 0 Å². The first kappa shape index (κ1) is 13.3. The molecule has 1 amide bonds. The van der Waals surface area contributed by atoms with Crippen LogP contribution in [0.3, 0.4) is 0 Å². The lowest BCUT2D eigenvalue weighted by Gasteiger charge is -2.09. The van der Waals surface area contributed by atoms with E-state index in [1.54, 1.807) is 11.8 Å². The number of aliphatic carboxylic acids is 1. The highest BCUT2D eigenvalue weighted by Gasteiger charge is 2.14. The lowest BCUT2D eigenvalue weighted by atomic mass is 10.2. The van der Waals surface area contributed by atoms with Crippen molar-refractivity contribution in [3.8, 4) is 0 Å². The maximum atomic E-state index is 10.6. The van der Waals surface area contributed by atoms with Crippen LogP contribution in [-0.4, -0.2) is 35.0 Å². The van der Waals surface area contributed by atoms with Gasteiger partial charge in [-0.05, 0) is 24.3 Å². The van der Waals surface area contributed by atoms with E-state index in [9.17, 15) is 9.59 Å². The van der Waals surface area contributed by atoms with Gasteiger partial charge in [0, 0.05) is 0 Å². The van der Waals surface area contributed by atoms with Crippen LogP contribution in [0.4, 0.5) is 0 Å². The third-order valence-electron chi connectivity index (χ3n) is 1.76. The second kappa shape index (κ2) is 8.87. The average molecular weight is 219 g/mol. The van der Waals surface area contributed by atoms with Gasteiger partial charge in [0.15, 0.2) is 0 Å². The van der Waals surface area contributed by atoms with Crippen molar-refractivity contribution in [1.82, 2.24) is 5.32 Å². The summed E-state index contributed by atoms with van der Waals surface area (Å²) in [4.78, 5) is 20.7. The average Bonchev–Trinajstić information content (AvgIpc) is 2.15. The maximum absolute atomic E-state index is 10.6. The number of thioether (sulfide) groups is 1. The number of hydrogen-bond acceptors (Lipinski definition) is 3. The molecule has 0 aliphatic carbocycles. The Morgan fingerprint density at radius 1 is 1.57 bits per heavy atom. The number of carbonyl (C=O) groups is 2. The Balaban J connectivity index is 3.50. The molecule has 0 saturated heterocycles. The first-order valence-corrected chi connectivity index (χ1v) is 5.88. The van der Waals surface area contributed by atoms with Crippen LogP contribution in [0.5, 0.6) is 0 Å². The van der Waals surface area contributed by atoms with Gasteiger partial charge in [-0.3, -0.25) is 4.79 Å². The molecule has 0 bridgehead atoms. The summed E-state index contributed by atoms with van der Waals surface area (Å²) in [5, 5.41) is 11.0. The molecule has 5 heteroatoms. The summed E-state index contributed by atoms with van der Waals surface area (Å²) < 4.78 is 0. The second-order valence-corrected chi connectivity index (χ2v) is 4.15. The molecule has 0 rings (SSSR count). The summed E-state index contributed by atoms with van der Waals surface area (Å²) in [7, 11) is 0. The van der Waals surface area contributed by atoms with Gasteiger partial charge in [-0.1, -0.05) is 13.3 Å². The van der Waals surface area contributed by atoms with Crippen molar-refractivity contribution in [2.45, 2.75) is 32.2 Å². The Kier molecular flexibility index (Phi) is 8.42. The Morgan fingerprint density at radius 3 is 2.79 bits per heavy atom. The minimum Gasteiger partial charge on any atom is -0.480 e. The van der Waals surface area contributed by atoms with Crippen LogP contribution in [0.15, 0.2) is 0 Å². The van der Waals surface area contributed by atoms with E-state index in [-0.39, 0.29) is 0 Å². The molecule has 0 fully saturated rings. The van der Waals surface area contributed by atoms with Gasteiger partial charge in [-0.15, -0.1) is 0 Å². The van der Waals surface area contributed by atoms with Crippen LogP contribution in [0.2, 0.25) is 0 Å². The molecule has 0 spiro atoms. The first-order chi connectivity index (χ1) is 6.72. The molecule has 4 nitrogen and oxygen atoms in total. The third kappa shape index (κ3) is 6.77. The van der Waals surface area contributed by atoms with E-state index in [2.05, 4.69) is 12.2 Å². The van der Waals surface area contributed by atoms with Gasteiger partial charge in [0.2, 0.25) is 6.41 Å². The van der Waals surface area contributed by atoms with Gasteiger partial charge in [0.05, 0.1) is 0 Å². The van der Waals surface area contributed by atoms with Gasteiger partial charge in [-0.2, -0.15) is 11.8 Å². The zero-order chi connectivity index (χ0) is 10.8. The van der Waals surface area contributed by atoms with E-state index in [1.165, 1.54) is 0 Å². The first-order valence-electron chi connectivity index (χ1n) is 4.72. The number of nitrogens with one attached hydrogen (secondary N) is 1. The van der Waals surface area contributed by atoms with Crippen LogP contribution < -0.4 is 5.32 Å². The van der Waals surface area contributed by atoms with Gasteiger partial charge in [0.25, 0.3) is 0 Å². The van der Waals surface area contributed by atoms with Crippen molar-refractivity contribution in [3.05, 3.63) is 0 Å². The molecule has 0 aromatic heterocycles.